The molecule has 0 radical (unpaired) electrons. The fourth-order valence-electron chi connectivity index (χ4n) is 1.70. The van der Waals surface area contributed by atoms with Crippen LogP contribution in [0.25, 0.3) is 10.2 Å². The number of carbonyl (C=O) groups is 1. The molecule has 0 aliphatic rings. The van der Waals surface area contributed by atoms with Gasteiger partial charge in [0, 0.05) is 18.1 Å². The van der Waals surface area contributed by atoms with Crippen molar-refractivity contribution >= 4 is 38.3 Å². The molecule has 0 atom stereocenters. The Morgan fingerprint density at radius 3 is 3.16 bits per heavy atom. The Kier molecular flexibility index (Phi) is 2.88. The summed E-state index contributed by atoms with van der Waals surface area (Å²) in [5.74, 6) is -0.134. The number of hydrogen-bond acceptors (Lipinski definition) is 5. The first kappa shape index (κ1) is 11.7. The number of anilines is 2. The van der Waals surface area contributed by atoms with Crippen LogP contribution in [0, 0.1) is 0 Å². The van der Waals surface area contributed by atoms with Crippen molar-refractivity contribution in [3.63, 3.8) is 0 Å². The van der Waals surface area contributed by atoms with Gasteiger partial charge >= 0.3 is 0 Å². The summed E-state index contributed by atoms with van der Waals surface area (Å²) >= 11 is 1.40. The third-order valence-corrected chi connectivity index (χ3v) is 3.48. The van der Waals surface area contributed by atoms with Crippen LogP contribution in [0.4, 0.5) is 10.8 Å². The van der Waals surface area contributed by atoms with Crippen molar-refractivity contribution in [2.45, 2.75) is 6.54 Å². The number of aromatic nitrogens is 3. The second-order valence-corrected chi connectivity index (χ2v) is 5.06. The van der Waals surface area contributed by atoms with Crippen LogP contribution in [0.15, 0.2) is 36.9 Å². The molecule has 2 aromatic heterocycles. The van der Waals surface area contributed by atoms with Crippen molar-refractivity contribution in [3.05, 3.63) is 36.9 Å². The Morgan fingerprint density at radius 1 is 1.47 bits per heavy atom. The fourth-order valence-corrected chi connectivity index (χ4v) is 2.63. The van der Waals surface area contributed by atoms with Gasteiger partial charge in [-0.1, -0.05) is 11.3 Å². The van der Waals surface area contributed by atoms with E-state index in [1.54, 1.807) is 29.4 Å². The number of nitrogens with zero attached hydrogens (tertiary/aromatic N) is 3. The van der Waals surface area contributed by atoms with Crippen molar-refractivity contribution in [2.75, 3.05) is 11.1 Å². The third kappa shape index (κ3) is 2.55. The van der Waals surface area contributed by atoms with Crippen LogP contribution in [0.2, 0.25) is 0 Å². The topological polar surface area (TPSA) is 85.8 Å². The van der Waals surface area contributed by atoms with Crippen molar-refractivity contribution in [1.82, 2.24) is 14.5 Å². The molecular formula is C12H11N5OS. The minimum absolute atomic E-state index is 0.134. The number of nitrogens with two attached hydrogens (primary N) is 1. The van der Waals surface area contributed by atoms with E-state index in [9.17, 15) is 4.79 Å². The van der Waals surface area contributed by atoms with Gasteiger partial charge in [0.2, 0.25) is 5.91 Å². The van der Waals surface area contributed by atoms with Crippen molar-refractivity contribution in [3.8, 4) is 0 Å². The lowest BCUT2D eigenvalue weighted by Gasteiger charge is -2.01. The van der Waals surface area contributed by atoms with Gasteiger partial charge in [0.1, 0.15) is 6.54 Å². The molecule has 0 saturated carbocycles. The molecule has 7 heteroatoms. The van der Waals surface area contributed by atoms with Gasteiger partial charge in [-0.15, -0.1) is 0 Å². The molecule has 1 aromatic carbocycles. The molecule has 0 unspecified atom stereocenters. The smallest absolute Gasteiger partial charge is 0.246 e. The monoisotopic (exact) mass is 273 g/mol. The highest BCUT2D eigenvalue weighted by Crippen LogP contribution is 2.27. The molecule has 0 aliphatic carbocycles. The maximum absolute atomic E-state index is 11.8. The van der Waals surface area contributed by atoms with Crippen molar-refractivity contribution < 1.29 is 4.79 Å². The normalized spacial score (nSPS) is 10.7. The van der Waals surface area contributed by atoms with Crippen LogP contribution >= 0.6 is 11.3 Å². The van der Waals surface area contributed by atoms with Crippen LogP contribution in [-0.4, -0.2) is 20.4 Å². The molecule has 96 valence electrons. The van der Waals surface area contributed by atoms with Gasteiger partial charge < -0.3 is 15.6 Å². The molecule has 0 aliphatic heterocycles. The second kappa shape index (κ2) is 4.69. The van der Waals surface area contributed by atoms with Gasteiger partial charge in [0.25, 0.3) is 0 Å². The van der Waals surface area contributed by atoms with Crippen LogP contribution in [0.1, 0.15) is 0 Å². The highest BCUT2D eigenvalue weighted by Gasteiger charge is 2.08. The Hall–Kier alpha value is -2.41. The fraction of sp³-hybridized carbons (Fsp3) is 0.0833. The van der Waals surface area contributed by atoms with E-state index in [4.69, 9.17) is 5.73 Å². The quantitative estimate of drug-likeness (QED) is 0.711. The molecular weight excluding hydrogens is 262 g/mol. The number of fused-ring (bicyclic) bond motifs is 1. The highest BCUT2D eigenvalue weighted by atomic mass is 32.1. The molecule has 0 spiro atoms. The summed E-state index contributed by atoms with van der Waals surface area (Å²) in [4.78, 5) is 20.0. The van der Waals surface area contributed by atoms with Gasteiger partial charge in [-0.25, -0.2) is 9.97 Å². The van der Waals surface area contributed by atoms with E-state index in [0.29, 0.717) is 10.8 Å². The first-order chi connectivity index (χ1) is 9.20. The van der Waals surface area contributed by atoms with E-state index < -0.39 is 0 Å². The zero-order valence-electron chi connectivity index (χ0n) is 9.91. The van der Waals surface area contributed by atoms with Gasteiger partial charge in [-0.3, -0.25) is 4.79 Å². The molecule has 6 nitrogen and oxygen atoms in total. The van der Waals surface area contributed by atoms with Crippen LogP contribution in [0.3, 0.4) is 0 Å². The number of amides is 1. The maximum Gasteiger partial charge on any atom is 0.246 e. The lowest BCUT2D eigenvalue weighted by Crippen LogP contribution is -2.17. The molecule has 0 fully saturated rings. The lowest BCUT2D eigenvalue weighted by atomic mass is 10.3. The molecule has 1 amide bonds. The van der Waals surface area contributed by atoms with Crippen molar-refractivity contribution in [1.29, 1.82) is 0 Å². The highest BCUT2D eigenvalue weighted by molar-refractivity contribution is 7.22. The molecule has 3 N–H and O–H groups in total. The SMILES string of the molecule is Nc1ccc2nc(NC(=O)Cn3ccnc3)sc2c1. The first-order valence-corrected chi connectivity index (χ1v) is 6.44. The number of carbonyl (C=O) groups excluding carboxylic acids is 1. The number of hydrogen-bond donors (Lipinski definition) is 2. The van der Waals surface area contributed by atoms with E-state index >= 15 is 0 Å². The van der Waals surface area contributed by atoms with Crippen LogP contribution in [0.5, 0.6) is 0 Å². The summed E-state index contributed by atoms with van der Waals surface area (Å²) in [5, 5.41) is 3.34. The van der Waals surface area contributed by atoms with E-state index in [2.05, 4.69) is 15.3 Å². The lowest BCUT2D eigenvalue weighted by molar-refractivity contribution is -0.116. The predicted octanol–water partition coefficient (Wildman–Crippen LogP) is 1.71. The summed E-state index contributed by atoms with van der Waals surface area (Å²) in [5.41, 5.74) is 7.22. The Morgan fingerprint density at radius 2 is 2.37 bits per heavy atom. The minimum Gasteiger partial charge on any atom is -0.399 e. The number of rotatable bonds is 3. The maximum atomic E-state index is 11.8. The molecule has 3 rings (SSSR count). The Bertz CT molecular complexity index is 719. The average Bonchev–Trinajstić information content (AvgIpc) is 2.97. The number of nitrogens with one attached hydrogen (secondary N) is 1. The third-order valence-electron chi connectivity index (χ3n) is 2.54. The summed E-state index contributed by atoms with van der Waals surface area (Å²) in [6.07, 6.45) is 4.96. The number of imidazole rings is 1. The van der Waals surface area contributed by atoms with E-state index in [1.807, 2.05) is 12.1 Å². The van der Waals surface area contributed by atoms with Gasteiger partial charge in [0.05, 0.1) is 16.5 Å². The minimum atomic E-state index is -0.134. The molecule has 3 aromatic rings. The Labute approximate surface area is 112 Å². The molecule has 2 heterocycles. The van der Waals surface area contributed by atoms with Gasteiger partial charge in [-0.2, -0.15) is 0 Å². The largest absolute Gasteiger partial charge is 0.399 e. The summed E-state index contributed by atoms with van der Waals surface area (Å²) in [6, 6.07) is 5.48. The predicted molar refractivity (Wildman–Crippen MR) is 74.9 cm³/mol. The summed E-state index contributed by atoms with van der Waals surface area (Å²) in [6.45, 7) is 0.220. The van der Waals surface area contributed by atoms with E-state index in [1.165, 1.54) is 11.3 Å². The van der Waals surface area contributed by atoms with Crippen LogP contribution < -0.4 is 11.1 Å². The van der Waals surface area contributed by atoms with E-state index in [-0.39, 0.29) is 12.5 Å². The zero-order valence-corrected chi connectivity index (χ0v) is 10.7. The second-order valence-electron chi connectivity index (χ2n) is 4.03. The molecule has 0 bridgehead atoms. The van der Waals surface area contributed by atoms with E-state index in [0.717, 1.165) is 10.2 Å². The Balaban J connectivity index is 1.76. The summed E-state index contributed by atoms with van der Waals surface area (Å²) in [7, 11) is 0. The summed E-state index contributed by atoms with van der Waals surface area (Å²) < 4.78 is 2.65. The number of thiazole rings is 1. The molecule has 0 saturated heterocycles. The van der Waals surface area contributed by atoms with Crippen molar-refractivity contribution in [2.24, 2.45) is 0 Å². The molecule has 19 heavy (non-hydrogen) atoms. The van der Waals surface area contributed by atoms with Crippen LogP contribution in [-0.2, 0) is 11.3 Å². The number of nitrogen functional groups attached to an aromatic ring is 1. The van der Waals surface area contributed by atoms with Gasteiger partial charge in [0.15, 0.2) is 5.13 Å². The standard InChI is InChI=1S/C12H11N5OS/c13-8-1-2-9-10(5-8)19-12(15-9)16-11(18)6-17-4-3-14-7-17/h1-5,7H,6,13H2,(H,15,16,18). The first-order valence-electron chi connectivity index (χ1n) is 5.62. The number of benzene rings is 1. The van der Waals surface area contributed by atoms with Gasteiger partial charge in [-0.05, 0) is 18.2 Å². The average molecular weight is 273 g/mol. The zero-order chi connectivity index (χ0) is 13.2.